The zero-order valence-electron chi connectivity index (χ0n) is 11.0. The minimum Gasteiger partial charge on any atom is -0.316 e. The van der Waals surface area contributed by atoms with Gasteiger partial charge in [-0.2, -0.15) is 5.10 Å². The highest BCUT2D eigenvalue weighted by Crippen LogP contribution is 2.20. The lowest BCUT2D eigenvalue weighted by molar-refractivity contribution is 0.447. The van der Waals surface area contributed by atoms with Crippen molar-refractivity contribution in [2.75, 3.05) is 13.1 Å². The van der Waals surface area contributed by atoms with Crippen molar-refractivity contribution in [1.29, 1.82) is 0 Å². The first-order valence-electron chi connectivity index (χ1n) is 6.78. The van der Waals surface area contributed by atoms with Crippen molar-refractivity contribution in [3.63, 3.8) is 0 Å². The van der Waals surface area contributed by atoms with E-state index in [0.29, 0.717) is 23.7 Å². The van der Waals surface area contributed by atoms with Crippen molar-refractivity contribution < 1.29 is 8.78 Å². The van der Waals surface area contributed by atoms with Crippen LogP contribution in [0.2, 0.25) is 0 Å². The molecular weight excluding hydrogens is 262 g/mol. The maximum Gasteiger partial charge on any atom is 0.155 e. The summed E-state index contributed by atoms with van der Waals surface area (Å²) < 4.78 is 26.4. The summed E-state index contributed by atoms with van der Waals surface area (Å²) in [5.74, 6) is 0.567. The van der Waals surface area contributed by atoms with E-state index in [2.05, 4.69) is 20.5 Å². The molecule has 2 N–H and O–H groups in total. The third-order valence-electron chi connectivity index (χ3n) is 3.58. The predicted octanol–water partition coefficient (Wildman–Crippen LogP) is 2.14. The van der Waals surface area contributed by atoms with E-state index in [-0.39, 0.29) is 0 Å². The molecule has 0 amide bonds. The Morgan fingerprint density at radius 2 is 2.20 bits per heavy atom. The number of hydrogen-bond acceptors (Lipinski definition) is 3. The summed E-state index contributed by atoms with van der Waals surface area (Å²) in [7, 11) is 0. The lowest BCUT2D eigenvalue weighted by Crippen LogP contribution is -2.28. The summed E-state index contributed by atoms with van der Waals surface area (Å²) >= 11 is 0. The van der Waals surface area contributed by atoms with E-state index in [1.54, 1.807) is 0 Å². The molecule has 2 aromatic rings. The number of benzene rings is 1. The van der Waals surface area contributed by atoms with E-state index >= 15 is 0 Å². The first-order chi connectivity index (χ1) is 9.72. The smallest absolute Gasteiger partial charge is 0.155 e. The van der Waals surface area contributed by atoms with E-state index in [4.69, 9.17) is 0 Å². The number of H-pyrrole nitrogens is 1. The Labute approximate surface area is 115 Å². The number of halogens is 2. The van der Waals surface area contributed by atoms with Crippen LogP contribution in [0.25, 0.3) is 0 Å². The van der Waals surface area contributed by atoms with Crippen molar-refractivity contribution in [3.8, 4) is 0 Å². The number of piperidine rings is 1. The fourth-order valence-corrected chi connectivity index (χ4v) is 2.49. The fraction of sp³-hybridized carbons (Fsp3) is 0.429. The molecule has 1 unspecified atom stereocenters. The molecule has 4 nitrogen and oxygen atoms in total. The Morgan fingerprint density at radius 3 is 2.95 bits per heavy atom. The van der Waals surface area contributed by atoms with Gasteiger partial charge in [-0.15, -0.1) is 0 Å². The number of nitrogens with zero attached hydrogens (tertiary/aromatic N) is 2. The van der Waals surface area contributed by atoms with E-state index < -0.39 is 11.6 Å². The highest BCUT2D eigenvalue weighted by atomic mass is 19.1. The maximum atomic E-state index is 13.6. The van der Waals surface area contributed by atoms with Gasteiger partial charge in [0.1, 0.15) is 17.5 Å². The highest BCUT2D eigenvalue weighted by Gasteiger charge is 2.19. The minimum absolute atomic E-state index is 0.291. The standard InChI is InChI=1S/C14H16F2N4/c15-11-4-3-9(12(16)7-11)6-13-18-14(20-19-13)10-2-1-5-17-8-10/h3-4,7,10,17H,1-2,5-6,8H2,(H,18,19,20). The molecule has 1 fully saturated rings. The lowest BCUT2D eigenvalue weighted by atomic mass is 9.99. The van der Waals surface area contributed by atoms with Crippen LogP contribution in [0.1, 0.15) is 36.0 Å². The van der Waals surface area contributed by atoms with Gasteiger partial charge in [0.15, 0.2) is 5.82 Å². The molecule has 0 bridgehead atoms. The molecule has 0 radical (unpaired) electrons. The van der Waals surface area contributed by atoms with Gasteiger partial charge in [0.2, 0.25) is 0 Å². The normalized spacial score (nSPS) is 19.2. The number of nitrogens with one attached hydrogen (secondary N) is 2. The van der Waals surface area contributed by atoms with Crippen LogP contribution >= 0.6 is 0 Å². The number of hydrogen-bond donors (Lipinski definition) is 2. The second kappa shape index (κ2) is 5.66. The van der Waals surface area contributed by atoms with Crippen LogP contribution in [0.4, 0.5) is 8.78 Å². The number of aromatic amines is 1. The van der Waals surface area contributed by atoms with Crippen molar-refractivity contribution in [3.05, 3.63) is 47.0 Å². The Morgan fingerprint density at radius 1 is 1.30 bits per heavy atom. The van der Waals surface area contributed by atoms with Gasteiger partial charge in [-0.3, -0.25) is 5.10 Å². The third kappa shape index (κ3) is 2.85. The monoisotopic (exact) mass is 278 g/mol. The molecule has 1 aliphatic heterocycles. The van der Waals surface area contributed by atoms with Gasteiger partial charge < -0.3 is 5.32 Å². The molecule has 2 heterocycles. The summed E-state index contributed by atoms with van der Waals surface area (Å²) in [4.78, 5) is 4.43. The average molecular weight is 278 g/mol. The van der Waals surface area contributed by atoms with Gasteiger partial charge >= 0.3 is 0 Å². The Kier molecular flexibility index (Phi) is 3.73. The third-order valence-corrected chi connectivity index (χ3v) is 3.58. The molecule has 6 heteroatoms. The zero-order valence-corrected chi connectivity index (χ0v) is 11.0. The second-order valence-electron chi connectivity index (χ2n) is 5.10. The highest BCUT2D eigenvalue weighted by molar-refractivity contribution is 5.22. The maximum absolute atomic E-state index is 13.6. The largest absolute Gasteiger partial charge is 0.316 e. The van der Waals surface area contributed by atoms with Gasteiger partial charge in [-0.25, -0.2) is 13.8 Å². The molecule has 1 saturated heterocycles. The van der Waals surface area contributed by atoms with E-state index in [9.17, 15) is 8.78 Å². The zero-order chi connectivity index (χ0) is 13.9. The molecule has 0 spiro atoms. The Bertz CT molecular complexity index is 591. The van der Waals surface area contributed by atoms with Crippen molar-refractivity contribution in [2.45, 2.75) is 25.2 Å². The van der Waals surface area contributed by atoms with E-state index in [1.165, 1.54) is 12.1 Å². The molecule has 0 saturated carbocycles. The van der Waals surface area contributed by atoms with Gasteiger partial charge in [0, 0.05) is 24.9 Å². The second-order valence-corrected chi connectivity index (χ2v) is 5.10. The molecule has 1 aromatic carbocycles. The van der Waals surface area contributed by atoms with Crippen molar-refractivity contribution >= 4 is 0 Å². The summed E-state index contributed by atoms with van der Waals surface area (Å²) in [5, 5.41) is 10.4. The van der Waals surface area contributed by atoms with Gasteiger partial charge in [-0.1, -0.05) is 6.07 Å². The molecule has 1 aliphatic rings. The van der Waals surface area contributed by atoms with Crippen molar-refractivity contribution in [2.24, 2.45) is 0 Å². The summed E-state index contributed by atoms with van der Waals surface area (Å²) in [6.45, 7) is 1.91. The Hall–Kier alpha value is -1.82. The van der Waals surface area contributed by atoms with Crippen LogP contribution < -0.4 is 5.32 Å². The fourth-order valence-electron chi connectivity index (χ4n) is 2.49. The first-order valence-corrected chi connectivity index (χ1v) is 6.78. The molecule has 0 aliphatic carbocycles. The van der Waals surface area contributed by atoms with Crippen LogP contribution in [0.5, 0.6) is 0 Å². The molecule has 1 atom stereocenters. The number of rotatable bonds is 3. The van der Waals surface area contributed by atoms with Crippen LogP contribution in [0.3, 0.4) is 0 Å². The van der Waals surface area contributed by atoms with Crippen molar-refractivity contribution in [1.82, 2.24) is 20.5 Å². The van der Waals surface area contributed by atoms with Gasteiger partial charge in [0.05, 0.1) is 0 Å². The Balaban J connectivity index is 1.73. The molecule has 3 rings (SSSR count). The van der Waals surface area contributed by atoms with E-state index in [1.807, 2.05) is 0 Å². The summed E-state index contributed by atoms with van der Waals surface area (Å²) in [5.41, 5.74) is 0.413. The molecular formula is C14H16F2N4. The predicted molar refractivity (Wildman–Crippen MR) is 70.4 cm³/mol. The number of aromatic nitrogens is 3. The van der Waals surface area contributed by atoms with Crippen LogP contribution in [0.15, 0.2) is 18.2 Å². The average Bonchev–Trinajstić information content (AvgIpc) is 2.92. The van der Waals surface area contributed by atoms with Gasteiger partial charge in [-0.05, 0) is 31.0 Å². The van der Waals surface area contributed by atoms with Crippen LogP contribution in [-0.2, 0) is 6.42 Å². The van der Waals surface area contributed by atoms with Crippen LogP contribution in [-0.4, -0.2) is 28.3 Å². The summed E-state index contributed by atoms with van der Waals surface area (Å²) in [6, 6.07) is 3.58. The molecule has 1 aromatic heterocycles. The minimum atomic E-state index is -0.571. The summed E-state index contributed by atoms with van der Waals surface area (Å²) in [6.07, 6.45) is 2.47. The quantitative estimate of drug-likeness (QED) is 0.904. The molecule has 20 heavy (non-hydrogen) atoms. The first kappa shape index (κ1) is 13.2. The topological polar surface area (TPSA) is 53.6 Å². The van der Waals surface area contributed by atoms with Gasteiger partial charge in [0.25, 0.3) is 0 Å². The SMILES string of the molecule is Fc1ccc(Cc2nc(C3CCCNC3)n[nH]2)c(F)c1. The van der Waals surface area contributed by atoms with E-state index in [0.717, 1.165) is 37.8 Å². The van der Waals surface area contributed by atoms with Crippen LogP contribution in [0, 0.1) is 11.6 Å². The lowest BCUT2D eigenvalue weighted by Gasteiger charge is -2.19. The molecule has 106 valence electrons.